The van der Waals surface area contributed by atoms with Gasteiger partial charge in [-0.3, -0.25) is 4.79 Å². The Morgan fingerprint density at radius 1 is 1.18 bits per heavy atom. The molecule has 1 aliphatic heterocycles. The van der Waals surface area contributed by atoms with Crippen molar-refractivity contribution >= 4 is 28.3 Å². The molecule has 1 unspecified atom stereocenters. The predicted molar refractivity (Wildman–Crippen MR) is 108 cm³/mol. The molecule has 1 N–H and O–H groups in total. The number of carbonyl (C=O) groups excluding carboxylic acids is 1. The van der Waals surface area contributed by atoms with Crippen LogP contribution in [0, 0.1) is 5.82 Å². The molecule has 0 saturated carbocycles. The van der Waals surface area contributed by atoms with Gasteiger partial charge in [-0.05, 0) is 42.0 Å². The normalized spacial score (nSPS) is 17.6. The van der Waals surface area contributed by atoms with Crippen molar-refractivity contribution in [2.45, 2.75) is 10.9 Å². The molecule has 0 aromatic heterocycles. The number of rotatable bonds is 4. The standard InChI is InChI=1S/C19H22FN3O3S.ClH/c1-22(2)19(24)14-6-8-17(9-7-14)27(25,26)23-11-10-21-13-18(23)15-4-3-5-16(20)12-15;/h3-9,12,18,21H,10-11,13H2,1-2H3;1H. The summed E-state index contributed by atoms with van der Waals surface area (Å²) in [5, 5.41) is 3.16. The Balaban J connectivity index is 0.00000280. The first-order valence-electron chi connectivity index (χ1n) is 8.60. The fraction of sp³-hybridized carbons (Fsp3) is 0.316. The van der Waals surface area contributed by atoms with Gasteiger partial charge >= 0.3 is 0 Å². The minimum absolute atomic E-state index is 0. The van der Waals surface area contributed by atoms with Crippen molar-refractivity contribution in [3.05, 3.63) is 65.5 Å². The zero-order chi connectivity index (χ0) is 19.6. The van der Waals surface area contributed by atoms with Gasteiger partial charge in [-0.2, -0.15) is 4.31 Å². The van der Waals surface area contributed by atoms with Crippen molar-refractivity contribution in [1.82, 2.24) is 14.5 Å². The van der Waals surface area contributed by atoms with E-state index in [1.54, 1.807) is 26.2 Å². The zero-order valence-electron chi connectivity index (χ0n) is 15.6. The molecule has 1 amide bonds. The van der Waals surface area contributed by atoms with Crippen molar-refractivity contribution < 1.29 is 17.6 Å². The highest BCUT2D eigenvalue weighted by atomic mass is 35.5. The van der Waals surface area contributed by atoms with Gasteiger partial charge < -0.3 is 10.2 Å². The molecular weight excluding hydrogens is 405 g/mol. The van der Waals surface area contributed by atoms with Crippen molar-refractivity contribution in [2.75, 3.05) is 33.7 Å². The minimum atomic E-state index is -3.79. The molecule has 9 heteroatoms. The quantitative estimate of drug-likeness (QED) is 0.812. The first-order chi connectivity index (χ1) is 12.8. The van der Waals surface area contributed by atoms with E-state index in [4.69, 9.17) is 0 Å². The van der Waals surface area contributed by atoms with Crippen LogP contribution in [0.4, 0.5) is 4.39 Å². The van der Waals surface area contributed by atoms with Crippen LogP contribution >= 0.6 is 12.4 Å². The molecule has 2 aromatic rings. The van der Waals surface area contributed by atoms with E-state index in [2.05, 4.69) is 5.32 Å². The monoisotopic (exact) mass is 427 g/mol. The number of amides is 1. The lowest BCUT2D eigenvalue weighted by Crippen LogP contribution is -2.48. The molecule has 1 saturated heterocycles. The van der Waals surface area contributed by atoms with E-state index >= 15 is 0 Å². The van der Waals surface area contributed by atoms with Crippen LogP contribution in [0.1, 0.15) is 22.0 Å². The lowest BCUT2D eigenvalue weighted by molar-refractivity contribution is 0.0827. The molecule has 0 bridgehead atoms. The largest absolute Gasteiger partial charge is 0.345 e. The van der Waals surface area contributed by atoms with Crippen molar-refractivity contribution in [3.8, 4) is 0 Å². The molecule has 6 nitrogen and oxygen atoms in total. The summed E-state index contributed by atoms with van der Waals surface area (Å²) in [5.74, 6) is -0.597. The SMILES string of the molecule is CN(C)C(=O)c1ccc(S(=O)(=O)N2CCNCC2c2cccc(F)c2)cc1.Cl. The Morgan fingerprint density at radius 2 is 1.86 bits per heavy atom. The van der Waals surface area contributed by atoms with Crippen molar-refractivity contribution in [1.29, 1.82) is 0 Å². The third-order valence-electron chi connectivity index (χ3n) is 4.54. The Hall–Kier alpha value is -2.00. The number of benzene rings is 2. The van der Waals surface area contributed by atoms with Crippen LogP contribution in [0.25, 0.3) is 0 Å². The topological polar surface area (TPSA) is 69.7 Å². The third kappa shape index (κ3) is 4.52. The van der Waals surface area contributed by atoms with Crippen LogP contribution in [0.2, 0.25) is 0 Å². The predicted octanol–water partition coefficient (Wildman–Crippen LogP) is 2.28. The summed E-state index contributed by atoms with van der Waals surface area (Å²) in [4.78, 5) is 13.5. The van der Waals surface area contributed by atoms with E-state index in [0.717, 1.165) is 0 Å². The molecule has 0 radical (unpaired) electrons. The van der Waals surface area contributed by atoms with Gasteiger partial charge in [-0.25, -0.2) is 12.8 Å². The number of hydrogen-bond acceptors (Lipinski definition) is 4. The maximum Gasteiger partial charge on any atom is 0.253 e. The second-order valence-electron chi connectivity index (χ2n) is 6.61. The number of halogens is 2. The van der Waals surface area contributed by atoms with Crippen LogP contribution in [-0.4, -0.2) is 57.3 Å². The van der Waals surface area contributed by atoms with E-state index in [1.165, 1.54) is 45.6 Å². The number of nitrogens with one attached hydrogen (secondary N) is 1. The van der Waals surface area contributed by atoms with Crippen LogP contribution in [0.3, 0.4) is 0 Å². The highest BCUT2D eigenvalue weighted by molar-refractivity contribution is 7.89. The highest BCUT2D eigenvalue weighted by Crippen LogP contribution is 2.29. The zero-order valence-corrected chi connectivity index (χ0v) is 17.3. The first kappa shape index (κ1) is 22.3. The van der Waals surface area contributed by atoms with Crippen LogP contribution in [0.5, 0.6) is 0 Å². The summed E-state index contributed by atoms with van der Waals surface area (Å²) in [6, 6.07) is 11.4. The van der Waals surface area contributed by atoms with Gasteiger partial charge in [0.25, 0.3) is 5.91 Å². The average molecular weight is 428 g/mol. The molecule has 2 aromatic carbocycles. The minimum Gasteiger partial charge on any atom is -0.345 e. The molecule has 1 heterocycles. The Kier molecular flexibility index (Phi) is 7.16. The number of nitrogens with zero attached hydrogens (tertiary/aromatic N) is 2. The molecule has 28 heavy (non-hydrogen) atoms. The number of carbonyl (C=O) groups is 1. The van der Waals surface area contributed by atoms with Gasteiger partial charge in [0.05, 0.1) is 10.9 Å². The van der Waals surface area contributed by atoms with E-state index in [-0.39, 0.29) is 29.8 Å². The summed E-state index contributed by atoms with van der Waals surface area (Å²) in [6.45, 7) is 1.20. The van der Waals surface area contributed by atoms with Crippen LogP contribution in [-0.2, 0) is 10.0 Å². The molecule has 152 valence electrons. The van der Waals surface area contributed by atoms with E-state index in [9.17, 15) is 17.6 Å². The van der Waals surface area contributed by atoms with Crippen molar-refractivity contribution in [3.63, 3.8) is 0 Å². The Labute approximate surface area is 170 Å². The van der Waals surface area contributed by atoms with Crippen molar-refractivity contribution in [2.24, 2.45) is 0 Å². The molecule has 3 rings (SSSR count). The van der Waals surface area contributed by atoms with Crippen LogP contribution < -0.4 is 5.32 Å². The average Bonchev–Trinajstić information content (AvgIpc) is 2.67. The third-order valence-corrected chi connectivity index (χ3v) is 6.46. The highest BCUT2D eigenvalue weighted by Gasteiger charge is 2.34. The number of sulfonamides is 1. The summed E-state index contributed by atoms with van der Waals surface area (Å²) < 4.78 is 41.4. The number of hydrogen-bond donors (Lipinski definition) is 1. The summed E-state index contributed by atoms with van der Waals surface area (Å²) in [5.41, 5.74) is 1.02. The maximum absolute atomic E-state index is 13.6. The van der Waals surface area contributed by atoms with Gasteiger partial charge in [0, 0.05) is 39.3 Å². The van der Waals surface area contributed by atoms with Gasteiger partial charge in [0.1, 0.15) is 5.82 Å². The fourth-order valence-electron chi connectivity index (χ4n) is 3.13. The Morgan fingerprint density at radius 3 is 2.46 bits per heavy atom. The summed E-state index contributed by atoms with van der Waals surface area (Å²) in [6.07, 6.45) is 0. The summed E-state index contributed by atoms with van der Waals surface area (Å²) in [7, 11) is -0.516. The maximum atomic E-state index is 13.6. The second kappa shape index (κ2) is 9.00. The molecule has 0 aliphatic carbocycles. The molecule has 1 fully saturated rings. The van der Waals surface area contributed by atoms with Gasteiger partial charge in [-0.1, -0.05) is 12.1 Å². The van der Waals surface area contributed by atoms with E-state index in [1.807, 2.05) is 0 Å². The van der Waals surface area contributed by atoms with Gasteiger partial charge in [-0.15, -0.1) is 12.4 Å². The van der Waals surface area contributed by atoms with Gasteiger partial charge in [0.15, 0.2) is 0 Å². The summed E-state index contributed by atoms with van der Waals surface area (Å²) >= 11 is 0. The Bertz CT molecular complexity index is 936. The lowest BCUT2D eigenvalue weighted by atomic mass is 10.1. The molecule has 0 spiro atoms. The first-order valence-corrected chi connectivity index (χ1v) is 10.0. The van der Waals surface area contributed by atoms with Crippen LogP contribution in [0.15, 0.2) is 53.4 Å². The van der Waals surface area contributed by atoms with Gasteiger partial charge in [0.2, 0.25) is 10.0 Å². The molecular formula is C19H23ClFN3O3S. The lowest BCUT2D eigenvalue weighted by Gasteiger charge is -2.35. The number of piperazine rings is 1. The van der Waals surface area contributed by atoms with E-state index < -0.39 is 21.9 Å². The molecule has 1 atom stereocenters. The fourth-order valence-corrected chi connectivity index (χ4v) is 4.75. The van der Waals surface area contributed by atoms with E-state index in [0.29, 0.717) is 24.2 Å². The molecule has 1 aliphatic rings. The second-order valence-corrected chi connectivity index (χ2v) is 8.51. The smallest absolute Gasteiger partial charge is 0.253 e.